The van der Waals surface area contributed by atoms with Gasteiger partial charge in [-0.25, -0.2) is 0 Å². The van der Waals surface area contributed by atoms with Gasteiger partial charge < -0.3 is 9.47 Å². The molecule has 0 spiro atoms. The number of ether oxygens (including phenoxy) is 2. The number of carbonyl (C=O) groups is 1. The minimum atomic E-state index is -0.291. The van der Waals surface area contributed by atoms with Gasteiger partial charge in [-0.3, -0.25) is 4.79 Å². The predicted octanol–water partition coefficient (Wildman–Crippen LogP) is 1.77. The average Bonchev–Trinajstić information content (AvgIpc) is 2.16. The van der Waals surface area contributed by atoms with E-state index in [2.05, 4.69) is 12.6 Å². The SMILES string of the molecule is COc1ccc(C(=O)S)cc1OC. The zero-order valence-electron chi connectivity index (χ0n) is 7.40. The molecule has 3 nitrogen and oxygen atoms in total. The quantitative estimate of drug-likeness (QED) is 0.752. The Bertz CT molecular complexity index is 323. The van der Waals surface area contributed by atoms with E-state index in [1.54, 1.807) is 25.3 Å². The molecule has 0 radical (unpaired) electrons. The van der Waals surface area contributed by atoms with Gasteiger partial charge in [-0.15, -0.1) is 12.6 Å². The van der Waals surface area contributed by atoms with E-state index in [1.807, 2.05) is 0 Å². The molecule has 1 rings (SSSR count). The third-order valence-corrected chi connectivity index (χ3v) is 1.89. The molecule has 0 saturated heterocycles. The minimum absolute atomic E-state index is 0.291. The van der Waals surface area contributed by atoms with E-state index in [-0.39, 0.29) is 5.12 Å². The second-order valence-corrected chi connectivity index (χ2v) is 2.78. The van der Waals surface area contributed by atoms with Crippen molar-refractivity contribution in [3.8, 4) is 11.5 Å². The molecule has 0 aliphatic carbocycles. The lowest BCUT2D eigenvalue weighted by Gasteiger charge is -2.07. The second-order valence-electron chi connectivity index (χ2n) is 2.37. The zero-order chi connectivity index (χ0) is 9.84. The monoisotopic (exact) mass is 198 g/mol. The number of methoxy groups -OCH3 is 2. The van der Waals surface area contributed by atoms with Crippen LogP contribution in [0.15, 0.2) is 18.2 Å². The van der Waals surface area contributed by atoms with Gasteiger partial charge in [-0.05, 0) is 18.2 Å². The molecular weight excluding hydrogens is 188 g/mol. The third-order valence-electron chi connectivity index (χ3n) is 1.63. The molecule has 0 atom stereocenters. The van der Waals surface area contributed by atoms with Crippen molar-refractivity contribution in [1.29, 1.82) is 0 Å². The summed E-state index contributed by atoms with van der Waals surface area (Å²) in [5, 5.41) is -0.291. The van der Waals surface area contributed by atoms with E-state index in [0.29, 0.717) is 17.1 Å². The Hall–Kier alpha value is -1.16. The summed E-state index contributed by atoms with van der Waals surface area (Å²) in [6.45, 7) is 0. The Balaban J connectivity index is 3.13. The first kappa shape index (κ1) is 9.92. The molecule has 0 bridgehead atoms. The molecule has 0 heterocycles. The summed E-state index contributed by atoms with van der Waals surface area (Å²) in [5.41, 5.74) is 0.487. The molecule has 0 amide bonds. The first-order valence-electron chi connectivity index (χ1n) is 3.64. The van der Waals surface area contributed by atoms with Crippen molar-refractivity contribution in [2.75, 3.05) is 14.2 Å². The molecule has 13 heavy (non-hydrogen) atoms. The maximum atomic E-state index is 10.9. The van der Waals surface area contributed by atoms with Crippen LogP contribution in [0, 0.1) is 0 Å². The molecule has 1 aromatic carbocycles. The van der Waals surface area contributed by atoms with Gasteiger partial charge in [0.2, 0.25) is 5.12 Å². The maximum absolute atomic E-state index is 10.9. The van der Waals surface area contributed by atoms with E-state index in [4.69, 9.17) is 9.47 Å². The molecule has 0 saturated carbocycles. The fourth-order valence-electron chi connectivity index (χ4n) is 0.969. The van der Waals surface area contributed by atoms with E-state index in [1.165, 1.54) is 7.11 Å². The zero-order valence-corrected chi connectivity index (χ0v) is 8.30. The van der Waals surface area contributed by atoms with Crippen molar-refractivity contribution in [3.63, 3.8) is 0 Å². The number of hydrogen-bond donors (Lipinski definition) is 1. The molecule has 0 unspecified atom stereocenters. The highest BCUT2D eigenvalue weighted by atomic mass is 32.1. The summed E-state index contributed by atoms with van der Waals surface area (Å²) >= 11 is 3.70. The summed E-state index contributed by atoms with van der Waals surface area (Å²) in [5.74, 6) is 1.13. The van der Waals surface area contributed by atoms with Crippen LogP contribution in [0.5, 0.6) is 11.5 Å². The molecule has 4 heteroatoms. The van der Waals surface area contributed by atoms with Crippen molar-refractivity contribution in [3.05, 3.63) is 23.8 Å². The van der Waals surface area contributed by atoms with E-state index in [0.717, 1.165) is 0 Å². The van der Waals surface area contributed by atoms with Crippen LogP contribution in [0.4, 0.5) is 0 Å². The molecular formula is C9H10O3S. The van der Waals surface area contributed by atoms with E-state index < -0.39 is 0 Å². The molecule has 0 aliphatic heterocycles. The lowest BCUT2D eigenvalue weighted by Crippen LogP contribution is -1.94. The van der Waals surface area contributed by atoms with Crippen molar-refractivity contribution in [1.82, 2.24) is 0 Å². The van der Waals surface area contributed by atoms with Crippen LogP contribution in [0.1, 0.15) is 10.4 Å². The van der Waals surface area contributed by atoms with Gasteiger partial charge in [0, 0.05) is 5.56 Å². The Labute approximate surface area is 82.1 Å². The summed E-state index contributed by atoms with van der Waals surface area (Å²) < 4.78 is 10.0. The van der Waals surface area contributed by atoms with Crippen LogP contribution in [0.2, 0.25) is 0 Å². The molecule has 0 aliphatic rings. The van der Waals surface area contributed by atoms with Crippen molar-refractivity contribution >= 4 is 17.7 Å². The number of hydrogen-bond acceptors (Lipinski definition) is 3. The second kappa shape index (κ2) is 4.18. The molecule has 0 fully saturated rings. The molecule has 1 aromatic rings. The Morgan fingerprint density at radius 1 is 1.23 bits per heavy atom. The predicted molar refractivity (Wildman–Crippen MR) is 52.9 cm³/mol. The Kier molecular flexibility index (Phi) is 3.19. The van der Waals surface area contributed by atoms with E-state index >= 15 is 0 Å². The maximum Gasteiger partial charge on any atom is 0.216 e. The molecule has 70 valence electrons. The third kappa shape index (κ3) is 2.15. The highest BCUT2D eigenvalue weighted by molar-refractivity contribution is 7.97. The molecule has 0 aromatic heterocycles. The number of rotatable bonds is 3. The topological polar surface area (TPSA) is 35.5 Å². The van der Waals surface area contributed by atoms with Gasteiger partial charge >= 0.3 is 0 Å². The van der Waals surface area contributed by atoms with Crippen LogP contribution < -0.4 is 9.47 Å². The Morgan fingerprint density at radius 2 is 1.85 bits per heavy atom. The Morgan fingerprint density at radius 3 is 2.31 bits per heavy atom. The largest absolute Gasteiger partial charge is 0.493 e. The first-order chi connectivity index (χ1) is 6.19. The van der Waals surface area contributed by atoms with Gasteiger partial charge in [0.15, 0.2) is 11.5 Å². The van der Waals surface area contributed by atoms with Crippen molar-refractivity contribution in [2.24, 2.45) is 0 Å². The van der Waals surface area contributed by atoms with Crippen LogP contribution in [-0.2, 0) is 0 Å². The number of carbonyl (C=O) groups excluding carboxylic acids is 1. The highest BCUT2D eigenvalue weighted by Gasteiger charge is 2.06. The lowest BCUT2D eigenvalue weighted by molar-refractivity contribution is 0.109. The smallest absolute Gasteiger partial charge is 0.216 e. The van der Waals surface area contributed by atoms with Gasteiger partial charge in [0.05, 0.1) is 14.2 Å². The summed E-state index contributed by atoms with van der Waals surface area (Å²) in [6, 6.07) is 4.90. The lowest BCUT2D eigenvalue weighted by atomic mass is 10.2. The van der Waals surface area contributed by atoms with E-state index in [9.17, 15) is 4.79 Å². The van der Waals surface area contributed by atoms with Gasteiger partial charge in [-0.1, -0.05) is 0 Å². The fraction of sp³-hybridized carbons (Fsp3) is 0.222. The summed E-state index contributed by atoms with van der Waals surface area (Å²) in [7, 11) is 3.06. The number of thiol groups is 1. The minimum Gasteiger partial charge on any atom is -0.493 e. The standard InChI is InChI=1S/C9H10O3S/c1-11-7-4-3-6(9(10)13)5-8(7)12-2/h3-5H,1-2H3,(H,10,13). The first-order valence-corrected chi connectivity index (χ1v) is 4.09. The van der Waals surface area contributed by atoms with Crippen molar-refractivity contribution in [2.45, 2.75) is 0 Å². The number of benzene rings is 1. The van der Waals surface area contributed by atoms with Gasteiger partial charge in [0.1, 0.15) is 0 Å². The highest BCUT2D eigenvalue weighted by Crippen LogP contribution is 2.27. The van der Waals surface area contributed by atoms with Crippen molar-refractivity contribution < 1.29 is 14.3 Å². The van der Waals surface area contributed by atoms with Crippen LogP contribution in [0.25, 0.3) is 0 Å². The van der Waals surface area contributed by atoms with Crippen LogP contribution in [0.3, 0.4) is 0 Å². The molecule has 0 N–H and O–H groups in total. The van der Waals surface area contributed by atoms with Gasteiger partial charge in [0.25, 0.3) is 0 Å². The van der Waals surface area contributed by atoms with Crippen LogP contribution in [-0.4, -0.2) is 19.3 Å². The fourth-order valence-corrected chi connectivity index (χ4v) is 1.11. The average molecular weight is 198 g/mol. The summed E-state index contributed by atoms with van der Waals surface area (Å²) in [4.78, 5) is 10.9. The van der Waals surface area contributed by atoms with Gasteiger partial charge in [-0.2, -0.15) is 0 Å². The van der Waals surface area contributed by atoms with Crippen LogP contribution >= 0.6 is 12.6 Å². The summed E-state index contributed by atoms with van der Waals surface area (Å²) in [6.07, 6.45) is 0. The normalized spacial score (nSPS) is 9.46.